The number of nitrogens with one attached hydrogen (secondary N) is 4. The van der Waals surface area contributed by atoms with Gasteiger partial charge in [0.1, 0.15) is 29.7 Å². The van der Waals surface area contributed by atoms with Gasteiger partial charge in [-0.1, -0.05) is 80.3 Å². The zero-order valence-corrected chi connectivity index (χ0v) is 42.7. The fourth-order valence-corrected chi connectivity index (χ4v) is 11.2. The monoisotopic (exact) mass is 1030 g/mol. The highest BCUT2D eigenvalue weighted by molar-refractivity contribution is 6.25. The molecule has 4 N–H and O–H groups in total. The zero-order chi connectivity index (χ0) is 53.1. The second kappa shape index (κ2) is 21.8. The number of piperidine rings is 1. The number of pyridine rings is 2. The molecule has 392 valence electrons. The number of unbranched alkanes of at least 4 members (excludes halogenated alkanes) is 5. The molecule has 6 aromatic rings. The van der Waals surface area contributed by atoms with E-state index in [1.165, 1.54) is 4.57 Å². The van der Waals surface area contributed by atoms with Gasteiger partial charge in [-0.3, -0.25) is 48.9 Å². The molecule has 76 heavy (non-hydrogen) atoms. The molecule has 0 bridgehead atoms. The molecule has 2 aromatic heterocycles. The average Bonchev–Trinajstić information content (AvgIpc) is 3.92. The minimum Gasteiger partial charge on any atom is -0.496 e. The van der Waals surface area contributed by atoms with Crippen LogP contribution >= 0.6 is 0 Å². The van der Waals surface area contributed by atoms with Crippen LogP contribution in [0.3, 0.4) is 0 Å². The van der Waals surface area contributed by atoms with E-state index in [1.54, 1.807) is 58.1 Å². The predicted molar refractivity (Wildman–Crippen MR) is 284 cm³/mol. The molecule has 6 amide bonds. The summed E-state index contributed by atoms with van der Waals surface area (Å²) in [6.07, 6.45) is 9.66. The van der Waals surface area contributed by atoms with Crippen molar-refractivity contribution in [2.45, 2.75) is 75.4 Å². The Hall–Kier alpha value is -8.38. The lowest BCUT2D eigenvalue weighted by molar-refractivity contribution is -0.136. The number of aryl methyl sites for hydroxylation is 1. The van der Waals surface area contributed by atoms with Gasteiger partial charge in [-0.15, -0.1) is 0 Å². The fraction of sp³-hybridized carbons (Fsp3) is 0.345. The molecule has 2 fully saturated rings. The van der Waals surface area contributed by atoms with Crippen LogP contribution < -0.4 is 36.3 Å². The van der Waals surface area contributed by atoms with Gasteiger partial charge in [-0.25, -0.2) is 4.79 Å². The molecule has 10 rings (SSSR count). The largest absolute Gasteiger partial charge is 0.496 e. The van der Waals surface area contributed by atoms with Crippen molar-refractivity contribution in [1.82, 2.24) is 35.3 Å². The van der Waals surface area contributed by atoms with E-state index in [1.807, 2.05) is 47.4 Å². The van der Waals surface area contributed by atoms with E-state index >= 15 is 0 Å². The van der Waals surface area contributed by atoms with Crippen LogP contribution in [0.15, 0.2) is 108 Å². The van der Waals surface area contributed by atoms with Gasteiger partial charge >= 0.3 is 6.09 Å². The highest BCUT2D eigenvalue weighted by Gasteiger charge is 2.51. The Morgan fingerprint density at radius 2 is 1.42 bits per heavy atom. The number of anilines is 1. The first-order valence-corrected chi connectivity index (χ1v) is 25.8. The van der Waals surface area contributed by atoms with Crippen molar-refractivity contribution in [3.8, 4) is 33.8 Å². The molecule has 0 radical (unpaired) electrons. The number of ether oxygens (including phenoxy) is 3. The molecule has 0 saturated carbocycles. The van der Waals surface area contributed by atoms with Crippen molar-refractivity contribution < 1.29 is 43.0 Å². The Labute approximate surface area is 439 Å². The summed E-state index contributed by atoms with van der Waals surface area (Å²) in [6, 6.07) is 25.9. The molecule has 1 atom stereocenters. The van der Waals surface area contributed by atoms with Crippen LogP contribution in [0.1, 0.15) is 94.7 Å². The van der Waals surface area contributed by atoms with Crippen LogP contribution in [0.25, 0.3) is 33.0 Å². The number of benzene rings is 4. The number of alkyl carbamates (subject to hydrolysis) is 1. The van der Waals surface area contributed by atoms with Gasteiger partial charge < -0.3 is 34.7 Å². The molecule has 5 heterocycles. The first-order valence-electron chi connectivity index (χ1n) is 25.8. The number of likely N-dealkylation sites (tertiary alicyclic amines) is 1. The maximum absolute atomic E-state index is 14.3. The molecule has 3 aliphatic heterocycles. The Balaban J connectivity index is 0.747. The third kappa shape index (κ3) is 9.87. The van der Waals surface area contributed by atoms with Crippen LogP contribution in [0, 0.1) is 0 Å². The van der Waals surface area contributed by atoms with Crippen LogP contribution in [0.5, 0.6) is 11.5 Å². The average molecular weight is 1030 g/mol. The lowest BCUT2D eigenvalue weighted by Crippen LogP contribution is -2.76. The number of carbonyl (C=O) groups is 6. The second-order valence-corrected chi connectivity index (χ2v) is 19.9. The molecule has 1 unspecified atom stereocenters. The van der Waals surface area contributed by atoms with Crippen molar-refractivity contribution in [3.05, 3.63) is 142 Å². The molecule has 18 heteroatoms. The molecular weight excluding hydrogens is 969 g/mol. The van der Waals surface area contributed by atoms with E-state index < -0.39 is 41.3 Å². The van der Waals surface area contributed by atoms with Crippen molar-refractivity contribution in [1.29, 1.82) is 0 Å². The van der Waals surface area contributed by atoms with E-state index in [2.05, 4.69) is 50.5 Å². The third-order valence-electron chi connectivity index (χ3n) is 15.1. The van der Waals surface area contributed by atoms with Gasteiger partial charge in [0.05, 0.1) is 36.3 Å². The number of carbonyl (C=O) groups excluding carboxylic acids is 6. The minimum atomic E-state index is -1.28. The molecular formula is C58H60N8O10. The number of hydrogen-bond acceptors (Lipinski definition) is 13. The minimum absolute atomic E-state index is 0.0535. The Morgan fingerprint density at radius 3 is 2.11 bits per heavy atom. The summed E-state index contributed by atoms with van der Waals surface area (Å²) in [5.74, 6) is -1.50. The van der Waals surface area contributed by atoms with E-state index in [-0.39, 0.29) is 61.0 Å². The number of fused-ring (bicyclic) bond motifs is 5. The normalized spacial score (nSPS) is 16.6. The van der Waals surface area contributed by atoms with Crippen molar-refractivity contribution in [2.75, 3.05) is 52.3 Å². The molecule has 4 aliphatic rings. The maximum Gasteiger partial charge on any atom is 0.408 e. The molecule has 18 nitrogen and oxygen atoms in total. The Bertz CT molecular complexity index is 3280. The number of methoxy groups -OCH3 is 2. The highest BCUT2D eigenvalue weighted by atomic mass is 16.5. The second-order valence-electron chi connectivity index (χ2n) is 19.9. The van der Waals surface area contributed by atoms with Gasteiger partial charge in [-0.2, -0.15) is 0 Å². The molecule has 0 spiro atoms. The highest BCUT2D eigenvalue weighted by Crippen LogP contribution is 2.45. The maximum atomic E-state index is 14.3. The summed E-state index contributed by atoms with van der Waals surface area (Å²) in [5, 5.41) is 12.9. The summed E-state index contributed by atoms with van der Waals surface area (Å²) in [5.41, 5.74) is 6.29. The van der Waals surface area contributed by atoms with E-state index in [0.29, 0.717) is 42.2 Å². The summed E-state index contributed by atoms with van der Waals surface area (Å²) in [6.45, 7) is 1.81. The number of amides is 6. The lowest BCUT2D eigenvalue weighted by Gasteiger charge is -2.48. The standard InChI is InChI=1S/C58H60N8O10/c1-64-30-43(40-23-26-59-29-42(40)53(64)69)35-27-48(74-2)44(49(28-35)75-3)31-65-33-58(34-65,63-57(73)76-32-45-38-17-10-8-15-36(38)37-16-9-11-18-39(37)45)56(72)61-25-13-7-5-4-6-12-24-60-46-20-14-19-41-51(46)55(71)66(54(41)70)47-21-22-50(67)62-52(47)68/h8-11,14-20,23,26-30,45,47,60H,4-7,12-13,21-22,24-25,31-34H2,1-3H3,(H,61,72)(H,63,73)(H,62,67,68). The fourth-order valence-electron chi connectivity index (χ4n) is 11.2. The molecule has 4 aromatic carbocycles. The molecule has 2 saturated heterocycles. The van der Waals surface area contributed by atoms with Crippen molar-refractivity contribution >= 4 is 52.1 Å². The number of imide groups is 2. The Morgan fingerprint density at radius 1 is 0.763 bits per heavy atom. The van der Waals surface area contributed by atoms with E-state index in [4.69, 9.17) is 14.2 Å². The topological polar surface area (TPSA) is 220 Å². The summed E-state index contributed by atoms with van der Waals surface area (Å²) in [4.78, 5) is 99.2. The van der Waals surface area contributed by atoms with Crippen molar-refractivity contribution in [3.63, 3.8) is 0 Å². The first-order chi connectivity index (χ1) is 36.9. The van der Waals surface area contributed by atoms with Gasteiger partial charge in [0.2, 0.25) is 17.7 Å². The van der Waals surface area contributed by atoms with Gasteiger partial charge in [-0.05, 0) is 82.8 Å². The zero-order valence-electron chi connectivity index (χ0n) is 42.7. The number of aromatic nitrogens is 2. The number of rotatable bonds is 20. The summed E-state index contributed by atoms with van der Waals surface area (Å²) < 4.78 is 19.4. The SMILES string of the molecule is COc1cc(-c2cn(C)c(=O)c3cnccc23)cc(OC)c1CN1CC(NC(=O)OCC2c3ccccc3-c3ccccc32)(C(=O)NCCCCCCCCNc2cccc3c2C(=O)N(C2CCC(=O)NC2=O)C3=O)C1. The molecule has 1 aliphatic carbocycles. The van der Waals surface area contributed by atoms with Crippen molar-refractivity contribution in [2.24, 2.45) is 7.05 Å². The smallest absolute Gasteiger partial charge is 0.408 e. The number of hydrogen-bond donors (Lipinski definition) is 4. The summed E-state index contributed by atoms with van der Waals surface area (Å²) in [7, 11) is 4.87. The quantitative estimate of drug-likeness (QED) is 0.0464. The first kappa shape index (κ1) is 51.1. The summed E-state index contributed by atoms with van der Waals surface area (Å²) >= 11 is 0. The van der Waals surface area contributed by atoms with Crippen LogP contribution in [-0.2, 0) is 32.7 Å². The predicted octanol–water partition coefficient (Wildman–Crippen LogP) is 6.68. The van der Waals surface area contributed by atoms with Gasteiger partial charge in [0.25, 0.3) is 17.4 Å². The van der Waals surface area contributed by atoms with E-state index in [9.17, 15) is 33.6 Å². The van der Waals surface area contributed by atoms with E-state index in [0.717, 1.165) is 87.8 Å². The van der Waals surface area contributed by atoms with Crippen LogP contribution in [0.4, 0.5) is 10.5 Å². The van der Waals surface area contributed by atoms with Gasteiger partial charge in [0.15, 0.2) is 0 Å². The lowest BCUT2D eigenvalue weighted by atomic mass is 9.87. The Kier molecular flexibility index (Phi) is 14.7. The number of nitrogens with zero attached hydrogens (tertiary/aromatic N) is 4. The van der Waals surface area contributed by atoms with Crippen LogP contribution in [-0.4, -0.2) is 114 Å². The third-order valence-corrected chi connectivity index (χ3v) is 15.1. The van der Waals surface area contributed by atoms with Crippen LogP contribution in [0.2, 0.25) is 0 Å². The van der Waals surface area contributed by atoms with Gasteiger partial charge in [0, 0.05) is 82.0 Å².